The third-order valence-electron chi connectivity index (χ3n) is 8.32. The number of aromatic nitrogens is 2. The Morgan fingerprint density at radius 3 is 2.77 bits per heavy atom. The Hall–Kier alpha value is -3.49. The van der Waals surface area contributed by atoms with Crippen LogP contribution in [0.2, 0.25) is 0 Å². The van der Waals surface area contributed by atoms with Crippen LogP contribution < -0.4 is 20.3 Å². The summed E-state index contributed by atoms with van der Waals surface area (Å²) >= 11 is 0. The minimum absolute atomic E-state index is 0.0281. The molecule has 2 atom stereocenters. The first-order valence-electron chi connectivity index (χ1n) is 14.8. The Balaban J connectivity index is 1.20. The van der Waals surface area contributed by atoms with Crippen molar-refractivity contribution in [3.8, 4) is 5.75 Å². The topological polar surface area (TPSA) is 88.6 Å². The molecule has 2 N–H and O–H groups in total. The Morgan fingerprint density at radius 2 is 1.90 bits per heavy atom. The molecular formula is C32H39N5O3. The zero-order valence-corrected chi connectivity index (χ0v) is 23.1. The molecule has 1 amide bonds. The number of ether oxygens (including phenoxy) is 2. The van der Waals surface area contributed by atoms with E-state index in [4.69, 9.17) is 14.5 Å². The Bertz CT molecular complexity index is 1280. The van der Waals surface area contributed by atoms with Crippen LogP contribution >= 0.6 is 0 Å². The normalized spacial score (nSPS) is 20.9. The number of carbonyl (C=O) groups excluding carboxylic acids is 1. The van der Waals surface area contributed by atoms with E-state index in [2.05, 4.69) is 27.8 Å². The van der Waals surface area contributed by atoms with Crippen molar-refractivity contribution in [3.63, 3.8) is 0 Å². The fourth-order valence-electron chi connectivity index (χ4n) is 6.05. The zero-order valence-electron chi connectivity index (χ0n) is 23.1. The van der Waals surface area contributed by atoms with Crippen molar-refractivity contribution in [1.29, 1.82) is 0 Å². The maximum Gasteiger partial charge on any atom is 0.259 e. The van der Waals surface area contributed by atoms with Crippen LogP contribution in [0.25, 0.3) is 0 Å². The number of benzene rings is 2. The van der Waals surface area contributed by atoms with Crippen LogP contribution in [0.1, 0.15) is 60.0 Å². The molecular weight excluding hydrogens is 502 g/mol. The third-order valence-corrected chi connectivity index (χ3v) is 8.32. The van der Waals surface area contributed by atoms with Gasteiger partial charge >= 0.3 is 0 Å². The van der Waals surface area contributed by atoms with Crippen molar-refractivity contribution in [3.05, 3.63) is 77.5 Å². The first kappa shape index (κ1) is 26.7. The minimum Gasteiger partial charge on any atom is -0.493 e. The summed E-state index contributed by atoms with van der Waals surface area (Å²) in [6.45, 7) is 3.85. The van der Waals surface area contributed by atoms with Gasteiger partial charge in [0.2, 0.25) is 5.95 Å². The number of fused-ring (bicyclic) bond motifs is 1. The molecule has 3 aliphatic rings. The van der Waals surface area contributed by atoms with Crippen LogP contribution in [0.15, 0.2) is 60.8 Å². The molecule has 1 saturated heterocycles. The van der Waals surface area contributed by atoms with Crippen LogP contribution in [0.3, 0.4) is 0 Å². The molecule has 8 nitrogen and oxygen atoms in total. The molecule has 2 fully saturated rings. The van der Waals surface area contributed by atoms with Crippen LogP contribution in [0.5, 0.6) is 5.75 Å². The third kappa shape index (κ3) is 6.45. The van der Waals surface area contributed by atoms with E-state index in [1.165, 1.54) is 5.56 Å². The van der Waals surface area contributed by atoms with Crippen LogP contribution in [0.4, 0.5) is 11.8 Å². The predicted octanol–water partition coefficient (Wildman–Crippen LogP) is 5.00. The lowest BCUT2D eigenvalue weighted by Gasteiger charge is -2.33. The molecule has 2 aliphatic heterocycles. The molecule has 1 aliphatic carbocycles. The van der Waals surface area contributed by atoms with Crippen LogP contribution in [-0.4, -0.2) is 54.3 Å². The molecule has 1 aromatic heterocycles. The van der Waals surface area contributed by atoms with Crippen LogP contribution in [0, 0.1) is 5.92 Å². The second-order valence-corrected chi connectivity index (χ2v) is 11.1. The van der Waals surface area contributed by atoms with Gasteiger partial charge in [-0.15, -0.1) is 0 Å². The highest BCUT2D eigenvalue weighted by molar-refractivity contribution is 6.05. The number of nitrogens with one attached hydrogen (secondary N) is 2. The lowest BCUT2D eigenvalue weighted by molar-refractivity contribution is 0.00867. The van der Waals surface area contributed by atoms with E-state index in [9.17, 15) is 4.79 Å². The van der Waals surface area contributed by atoms with E-state index >= 15 is 0 Å². The van der Waals surface area contributed by atoms with E-state index in [0.29, 0.717) is 43.0 Å². The van der Waals surface area contributed by atoms with E-state index in [1.54, 1.807) is 6.20 Å². The summed E-state index contributed by atoms with van der Waals surface area (Å²) in [6.07, 6.45) is 9.07. The number of hydrogen-bond acceptors (Lipinski definition) is 7. The van der Waals surface area contributed by atoms with Gasteiger partial charge in [-0.3, -0.25) is 9.69 Å². The van der Waals surface area contributed by atoms with E-state index in [1.807, 2.05) is 47.4 Å². The number of amides is 1. The Morgan fingerprint density at radius 1 is 1.05 bits per heavy atom. The van der Waals surface area contributed by atoms with Crippen molar-refractivity contribution in [2.75, 3.05) is 36.5 Å². The van der Waals surface area contributed by atoms with Crippen molar-refractivity contribution < 1.29 is 14.3 Å². The van der Waals surface area contributed by atoms with E-state index in [-0.39, 0.29) is 18.1 Å². The first-order chi connectivity index (χ1) is 19.7. The second kappa shape index (κ2) is 12.8. The van der Waals surface area contributed by atoms with Gasteiger partial charge in [0, 0.05) is 24.7 Å². The van der Waals surface area contributed by atoms with Gasteiger partial charge in [-0.1, -0.05) is 43.2 Å². The molecule has 0 spiro atoms. The van der Waals surface area contributed by atoms with Gasteiger partial charge in [-0.05, 0) is 80.1 Å². The summed E-state index contributed by atoms with van der Waals surface area (Å²) in [7, 11) is 0. The highest BCUT2D eigenvalue weighted by atomic mass is 16.5. The number of carbonyl (C=O) groups is 1. The van der Waals surface area contributed by atoms with Gasteiger partial charge in [0.25, 0.3) is 5.91 Å². The van der Waals surface area contributed by atoms with Crippen molar-refractivity contribution >= 4 is 17.7 Å². The molecule has 2 aromatic carbocycles. The van der Waals surface area contributed by atoms with Gasteiger partial charge < -0.3 is 20.1 Å². The highest BCUT2D eigenvalue weighted by Crippen LogP contribution is 2.29. The molecule has 0 unspecified atom stereocenters. The van der Waals surface area contributed by atoms with Crippen molar-refractivity contribution in [2.45, 2.75) is 63.7 Å². The van der Waals surface area contributed by atoms with Gasteiger partial charge in [-0.25, -0.2) is 4.98 Å². The first-order valence-corrected chi connectivity index (χ1v) is 14.8. The molecule has 210 valence electrons. The van der Waals surface area contributed by atoms with Gasteiger partial charge in [0.05, 0.1) is 25.4 Å². The zero-order chi connectivity index (χ0) is 27.1. The molecule has 0 radical (unpaired) electrons. The maximum atomic E-state index is 14.0. The van der Waals surface area contributed by atoms with E-state index < -0.39 is 0 Å². The summed E-state index contributed by atoms with van der Waals surface area (Å²) in [5.74, 6) is 2.45. The van der Waals surface area contributed by atoms with Crippen molar-refractivity contribution in [1.82, 2.24) is 15.3 Å². The number of nitrogens with zero attached hydrogens (tertiary/aromatic N) is 3. The largest absolute Gasteiger partial charge is 0.493 e. The molecule has 8 heteroatoms. The van der Waals surface area contributed by atoms with Crippen molar-refractivity contribution in [2.24, 2.45) is 5.92 Å². The monoisotopic (exact) mass is 541 g/mol. The van der Waals surface area contributed by atoms with Gasteiger partial charge in [0.15, 0.2) is 0 Å². The SMILES string of the molecule is O=C(c1ccc2c(c1)CCO2)N(CC1CCNCC1)c1ccnc(N[C@H]2CCCC[C@@H]2OCc2ccccc2)n1. The number of anilines is 2. The number of hydrogen-bond donors (Lipinski definition) is 2. The molecule has 3 aromatic rings. The van der Waals surface area contributed by atoms with Crippen LogP contribution in [-0.2, 0) is 17.8 Å². The average molecular weight is 542 g/mol. The lowest BCUT2D eigenvalue weighted by Crippen LogP contribution is -2.41. The summed E-state index contributed by atoms with van der Waals surface area (Å²) < 4.78 is 12.0. The summed E-state index contributed by atoms with van der Waals surface area (Å²) in [5.41, 5.74) is 2.94. The smallest absolute Gasteiger partial charge is 0.259 e. The predicted molar refractivity (Wildman–Crippen MR) is 156 cm³/mol. The number of rotatable bonds is 9. The second-order valence-electron chi connectivity index (χ2n) is 11.1. The summed E-state index contributed by atoms with van der Waals surface area (Å²) in [6, 6.07) is 18.1. The maximum absolute atomic E-state index is 14.0. The standard InChI is InChI=1S/C32H39N5O3/c38-31(26-10-11-28-25(20-26)15-19-39-28)37(21-23-12-16-33-17-13-23)30-14-18-34-32(36-30)35-27-8-4-5-9-29(27)40-22-24-6-2-1-3-7-24/h1-3,6-7,10-11,14,18,20,23,27,29,33H,4-5,8-9,12-13,15-17,19,21-22H2,(H,34,35,36)/t27-,29-/m0/s1. The molecule has 3 heterocycles. The van der Waals surface area contributed by atoms with Gasteiger partial charge in [0.1, 0.15) is 11.6 Å². The molecule has 40 heavy (non-hydrogen) atoms. The van der Waals surface area contributed by atoms with Gasteiger partial charge in [-0.2, -0.15) is 4.98 Å². The molecule has 0 bridgehead atoms. The summed E-state index contributed by atoms with van der Waals surface area (Å²) in [4.78, 5) is 25.3. The molecule has 1 saturated carbocycles. The Labute approximate surface area is 236 Å². The fraction of sp³-hybridized carbons (Fsp3) is 0.469. The quantitative estimate of drug-likeness (QED) is 0.394. The average Bonchev–Trinajstić information content (AvgIpc) is 3.48. The van der Waals surface area contributed by atoms with E-state index in [0.717, 1.165) is 69.3 Å². The summed E-state index contributed by atoms with van der Waals surface area (Å²) in [5, 5.41) is 7.00. The fourth-order valence-corrected chi connectivity index (χ4v) is 6.05. The Kier molecular flexibility index (Phi) is 8.54. The molecule has 6 rings (SSSR count). The lowest BCUT2D eigenvalue weighted by atomic mass is 9.92. The minimum atomic E-state index is -0.0281. The highest BCUT2D eigenvalue weighted by Gasteiger charge is 2.29. The number of piperidine rings is 1.